The van der Waals surface area contributed by atoms with E-state index in [4.69, 9.17) is 9.84 Å². The molecule has 2 rings (SSSR count). The van der Waals surface area contributed by atoms with Gasteiger partial charge in [0.2, 0.25) is 0 Å². The SMILES string of the molecule is OCCN1CCOc2cc(Br)ccc21. The number of anilines is 1. The summed E-state index contributed by atoms with van der Waals surface area (Å²) in [5, 5.41) is 8.91. The Balaban J connectivity index is 2.30. The molecular formula is C10H12BrNO2. The molecule has 4 heteroatoms. The molecule has 0 saturated heterocycles. The summed E-state index contributed by atoms with van der Waals surface area (Å²) in [7, 11) is 0. The number of nitrogens with zero attached hydrogens (tertiary/aromatic N) is 1. The summed E-state index contributed by atoms with van der Waals surface area (Å²) in [5.41, 5.74) is 1.06. The maximum Gasteiger partial charge on any atom is 0.143 e. The third-order valence-electron chi connectivity index (χ3n) is 2.25. The molecule has 1 aliphatic heterocycles. The van der Waals surface area contributed by atoms with Crippen molar-refractivity contribution in [2.75, 3.05) is 31.2 Å². The number of hydrogen-bond donors (Lipinski definition) is 1. The first-order valence-electron chi connectivity index (χ1n) is 4.59. The van der Waals surface area contributed by atoms with Crippen molar-refractivity contribution in [2.45, 2.75) is 0 Å². The molecule has 1 aromatic rings. The van der Waals surface area contributed by atoms with Crippen LogP contribution < -0.4 is 9.64 Å². The summed E-state index contributed by atoms with van der Waals surface area (Å²) in [6.45, 7) is 2.37. The first-order chi connectivity index (χ1) is 6.81. The number of aliphatic hydroxyl groups is 1. The van der Waals surface area contributed by atoms with E-state index in [1.807, 2.05) is 18.2 Å². The van der Waals surface area contributed by atoms with Crippen LogP contribution in [0.1, 0.15) is 0 Å². The quantitative estimate of drug-likeness (QED) is 0.875. The molecule has 0 atom stereocenters. The van der Waals surface area contributed by atoms with Crippen LogP contribution >= 0.6 is 15.9 Å². The van der Waals surface area contributed by atoms with Crippen molar-refractivity contribution in [3.63, 3.8) is 0 Å². The van der Waals surface area contributed by atoms with E-state index in [1.165, 1.54) is 0 Å². The van der Waals surface area contributed by atoms with E-state index in [9.17, 15) is 0 Å². The van der Waals surface area contributed by atoms with Gasteiger partial charge in [-0.1, -0.05) is 15.9 Å². The summed E-state index contributed by atoms with van der Waals surface area (Å²) in [6.07, 6.45) is 0. The fourth-order valence-corrected chi connectivity index (χ4v) is 1.94. The fraction of sp³-hybridized carbons (Fsp3) is 0.400. The van der Waals surface area contributed by atoms with Gasteiger partial charge in [0.25, 0.3) is 0 Å². The number of halogens is 1. The highest BCUT2D eigenvalue weighted by Gasteiger charge is 2.17. The molecule has 0 bridgehead atoms. The van der Waals surface area contributed by atoms with Crippen LogP contribution in [0.2, 0.25) is 0 Å². The standard InChI is InChI=1S/C10H12BrNO2/c11-8-1-2-9-10(7-8)14-6-4-12(9)3-5-13/h1-2,7,13H,3-6H2. The molecule has 0 fully saturated rings. The highest BCUT2D eigenvalue weighted by Crippen LogP contribution is 2.33. The Bertz CT molecular complexity index is 330. The highest BCUT2D eigenvalue weighted by atomic mass is 79.9. The highest BCUT2D eigenvalue weighted by molar-refractivity contribution is 9.10. The average molecular weight is 258 g/mol. The lowest BCUT2D eigenvalue weighted by atomic mass is 10.2. The number of ether oxygens (including phenoxy) is 1. The normalized spacial score (nSPS) is 14.9. The summed E-state index contributed by atoms with van der Waals surface area (Å²) in [4.78, 5) is 2.13. The molecule has 1 aliphatic rings. The monoisotopic (exact) mass is 257 g/mol. The predicted molar refractivity (Wildman–Crippen MR) is 58.9 cm³/mol. The molecule has 1 N–H and O–H groups in total. The van der Waals surface area contributed by atoms with Crippen molar-refractivity contribution >= 4 is 21.6 Å². The van der Waals surface area contributed by atoms with Crippen molar-refractivity contribution in [1.29, 1.82) is 0 Å². The third kappa shape index (κ3) is 1.86. The van der Waals surface area contributed by atoms with Crippen LogP contribution in [0.4, 0.5) is 5.69 Å². The predicted octanol–water partition coefficient (Wildman–Crippen LogP) is 1.64. The van der Waals surface area contributed by atoms with Gasteiger partial charge in [-0.25, -0.2) is 0 Å². The molecule has 0 spiro atoms. The Morgan fingerprint density at radius 1 is 1.50 bits per heavy atom. The number of benzene rings is 1. The summed E-state index contributed by atoms with van der Waals surface area (Å²) in [5.74, 6) is 0.888. The van der Waals surface area contributed by atoms with Crippen LogP contribution in [0.25, 0.3) is 0 Å². The van der Waals surface area contributed by atoms with Gasteiger partial charge >= 0.3 is 0 Å². The second-order valence-electron chi connectivity index (χ2n) is 3.17. The lowest BCUT2D eigenvalue weighted by molar-refractivity contribution is 0.278. The van der Waals surface area contributed by atoms with Crippen LogP contribution in [0.3, 0.4) is 0 Å². The molecule has 0 aromatic heterocycles. The van der Waals surface area contributed by atoms with Crippen molar-refractivity contribution < 1.29 is 9.84 Å². The van der Waals surface area contributed by atoms with Gasteiger partial charge in [-0.3, -0.25) is 0 Å². The van der Waals surface area contributed by atoms with Crippen molar-refractivity contribution in [3.8, 4) is 5.75 Å². The van der Waals surface area contributed by atoms with Crippen molar-refractivity contribution in [3.05, 3.63) is 22.7 Å². The summed E-state index contributed by atoms with van der Waals surface area (Å²) >= 11 is 3.40. The smallest absolute Gasteiger partial charge is 0.143 e. The lowest BCUT2D eigenvalue weighted by Crippen LogP contribution is -2.34. The molecule has 3 nitrogen and oxygen atoms in total. The van der Waals surface area contributed by atoms with Crippen LogP contribution in [0, 0.1) is 0 Å². The molecule has 0 saturated carbocycles. The Morgan fingerprint density at radius 3 is 3.14 bits per heavy atom. The molecule has 76 valence electrons. The van der Waals surface area contributed by atoms with Crippen LogP contribution in [-0.4, -0.2) is 31.4 Å². The Labute approximate surface area is 91.4 Å². The van der Waals surface area contributed by atoms with Gasteiger partial charge in [0.1, 0.15) is 12.4 Å². The largest absolute Gasteiger partial charge is 0.490 e. The third-order valence-corrected chi connectivity index (χ3v) is 2.74. The first-order valence-corrected chi connectivity index (χ1v) is 5.39. The zero-order chi connectivity index (χ0) is 9.97. The fourth-order valence-electron chi connectivity index (χ4n) is 1.60. The maximum absolute atomic E-state index is 8.91. The van der Waals surface area contributed by atoms with Gasteiger partial charge in [-0.2, -0.15) is 0 Å². The van der Waals surface area contributed by atoms with Crippen LogP contribution in [-0.2, 0) is 0 Å². The number of β-amino-alcohol motifs (C(OH)–C–C–N with tert-alkyl or cyclic N) is 1. The van der Waals surface area contributed by atoms with Gasteiger partial charge in [-0.15, -0.1) is 0 Å². The van der Waals surface area contributed by atoms with Gasteiger partial charge in [0, 0.05) is 11.0 Å². The van der Waals surface area contributed by atoms with Gasteiger partial charge < -0.3 is 14.7 Å². The first kappa shape index (κ1) is 9.80. The minimum Gasteiger partial charge on any atom is -0.490 e. The van der Waals surface area contributed by atoms with Gasteiger partial charge in [-0.05, 0) is 18.2 Å². The number of fused-ring (bicyclic) bond motifs is 1. The van der Waals surface area contributed by atoms with E-state index >= 15 is 0 Å². The van der Waals surface area contributed by atoms with Crippen LogP contribution in [0.15, 0.2) is 22.7 Å². The Morgan fingerprint density at radius 2 is 2.36 bits per heavy atom. The second kappa shape index (κ2) is 4.19. The zero-order valence-corrected chi connectivity index (χ0v) is 9.33. The molecule has 0 unspecified atom stereocenters. The van der Waals surface area contributed by atoms with Crippen LogP contribution in [0.5, 0.6) is 5.75 Å². The van der Waals surface area contributed by atoms with E-state index in [0.29, 0.717) is 13.2 Å². The molecule has 0 aliphatic carbocycles. The molecule has 0 radical (unpaired) electrons. The van der Waals surface area contributed by atoms with Crippen molar-refractivity contribution in [2.24, 2.45) is 0 Å². The molecular weight excluding hydrogens is 246 g/mol. The van der Waals surface area contributed by atoms with E-state index in [1.54, 1.807) is 0 Å². The molecule has 1 aromatic carbocycles. The summed E-state index contributed by atoms with van der Waals surface area (Å²) < 4.78 is 6.54. The number of hydrogen-bond acceptors (Lipinski definition) is 3. The lowest BCUT2D eigenvalue weighted by Gasteiger charge is -2.30. The Kier molecular flexibility index (Phi) is 2.93. The molecule has 14 heavy (non-hydrogen) atoms. The topological polar surface area (TPSA) is 32.7 Å². The second-order valence-corrected chi connectivity index (χ2v) is 4.09. The Hall–Kier alpha value is -0.740. The zero-order valence-electron chi connectivity index (χ0n) is 7.74. The van der Waals surface area contributed by atoms with E-state index in [2.05, 4.69) is 20.8 Å². The minimum absolute atomic E-state index is 0.176. The molecule has 0 amide bonds. The number of rotatable bonds is 2. The van der Waals surface area contributed by atoms with E-state index < -0.39 is 0 Å². The van der Waals surface area contributed by atoms with Crippen molar-refractivity contribution in [1.82, 2.24) is 0 Å². The molecule has 1 heterocycles. The van der Waals surface area contributed by atoms with Gasteiger partial charge in [0.05, 0.1) is 18.8 Å². The minimum atomic E-state index is 0.176. The number of aliphatic hydroxyl groups excluding tert-OH is 1. The van der Waals surface area contributed by atoms with E-state index in [0.717, 1.165) is 22.5 Å². The maximum atomic E-state index is 8.91. The van der Waals surface area contributed by atoms with E-state index in [-0.39, 0.29) is 6.61 Å². The summed E-state index contributed by atoms with van der Waals surface area (Å²) in [6, 6.07) is 5.95. The van der Waals surface area contributed by atoms with Gasteiger partial charge in [0.15, 0.2) is 0 Å². The average Bonchev–Trinajstić information content (AvgIpc) is 2.18.